The number of amides is 1. The molecule has 2 saturated heterocycles. The summed E-state index contributed by atoms with van der Waals surface area (Å²) in [5.74, 6) is 1.33. The van der Waals surface area contributed by atoms with Gasteiger partial charge in [-0.05, 0) is 37.8 Å². The van der Waals surface area contributed by atoms with Gasteiger partial charge >= 0.3 is 0 Å². The molecule has 0 saturated carbocycles. The van der Waals surface area contributed by atoms with Crippen LogP contribution in [0, 0.1) is 11.8 Å². The van der Waals surface area contributed by atoms with Crippen molar-refractivity contribution in [3.63, 3.8) is 0 Å². The van der Waals surface area contributed by atoms with Crippen molar-refractivity contribution in [2.75, 3.05) is 32.8 Å². The van der Waals surface area contributed by atoms with Crippen LogP contribution in [0.4, 0.5) is 0 Å². The van der Waals surface area contributed by atoms with E-state index in [0.29, 0.717) is 38.0 Å². The summed E-state index contributed by atoms with van der Waals surface area (Å²) in [7, 11) is 1.90. The van der Waals surface area contributed by atoms with Crippen LogP contribution in [-0.2, 0) is 16.6 Å². The van der Waals surface area contributed by atoms with E-state index in [4.69, 9.17) is 4.74 Å². The van der Waals surface area contributed by atoms with Crippen LogP contribution < -0.4 is 5.32 Å². The first-order valence-electron chi connectivity index (χ1n) is 8.72. The molecule has 1 aromatic heterocycles. The molecule has 0 spiro atoms. The molecule has 0 bridgehead atoms. The molecule has 1 N–H and O–H groups in total. The zero-order valence-electron chi connectivity index (χ0n) is 14.2. The summed E-state index contributed by atoms with van der Waals surface area (Å²) < 4.78 is 7.60. The monoisotopic (exact) mass is 320 g/mol. The number of carbonyl (C=O) groups excluding carboxylic acids is 1. The first-order valence-corrected chi connectivity index (χ1v) is 8.72. The van der Waals surface area contributed by atoms with E-state index in [1.165, 1.54) is 12.8 Å². The molecular weight excluding hydrogens is 292 g/mol. The molecular formula is C17H28N4O2. The van der Waals surface area contributed by atoms with Gasteiger partial charge in [-0.3, -0.25) is 9.48 Å². The molecule has 23 heavy (non-hydrogen) atoms. The van der Waals surface area contributed by atoms with Crippen LogP contribution in [0.1, 0.15) is 37.9 Å². The third-order valence-corrected chi connectivity index (χ3v) is 5.15. The summed E-state index contributed by atoms with van der Waals surface area (Å²) in [6.07, 6.45) is 6.86. The van der Waals surface area contributed by atoms with E-state index in [9.17, 15) is 4.79 Å². The van der Waals surface area contributed by atoms with Gasteiger partial charge in [0.25, 0.3) is 0 Å². The van der Waals surface area contributed by atoms with E-state index in [1.807, 2.05) is 24.3 Å². The van der Waals surface area contributed by atoms with E-state index in [-0.39, 0.29) is 12.0 Å². The van der Waals surface area contributed by atoms with Crippen molar-refractivity contribution >= 4 is 5.91 Å². The highest BCUT2D eigenvalue weighted by molar-refractivity contribution is 5.76. The Morgan fingerprint density at radius 2 is 2.43 bits per heavy atom. The standard InChI is InChI=1S/C17H28N4O2/c1-13(14-4-3-5-18-9-14)8-17(22)21-6-7-23-16(12-21)15-10-19-20(2)11-15/h10-11,13-14,16,18H,3-9,12H2,1-2H3. The maximum atomic E-state index is 12.7. The highest BCUT2D eigenvalue weighted by Crippen LogP contribution is 2.26. The molecule has 2 aliphatic rings. The lowest BCUT2D eigenvalue weighted by atomic mass is 9.85. The number of hydrogen-bond acceptors (Lipinski definition) is 4. The van der Waals surface area contributed by atoms with Gasteiger partial charge in [-0.2, -0.15) is 5.10 Å². The van der Waals surface area contributed by atoms with Gasteiger partial charge in [0.2, 0.25) is 5.91 Å². The zero-order valence-corrected chi connectivity index (χ0v) is 14.2. The lowest BCUT2D eigenvalue weighted by Gasteiger charge is -2.34. The molecule has 1 aromatic rings. The molecule has 2 fully saturated rings. The fourth-order valence-electron chi connectivity index (χ4n) is 3.62. The average Bonchev–Trinajstić information content (AvgIpc) is 3.02. The lowest BCUT2D eigenvalue weighted by molar-refractivity contribution is -0.140. The smallest absolute Gasteiger partial charge is 0.223 e. The number of nitrogens with one attached hydrogen (secondary N) is 1. The molecule has 0 radical (unpaired) electrons. The number of hydrogen-bond donors (Lipinski definition) is 1. The molecule has 0 aromatic carbocycles. The van der Waals surface area contributed by atoms with Crippen LogP contribution >= 0.6 is 0 Å². The van der Waals surface area contributed by atoms with Crippen molar-refractivity contribution in [3.8, 4) is 0 Å². The maximum absolute atomic E-state index is 12.7. The summed E-state index contributed by atoms with van der Waals surface area (Å²) in [5.41, 5.74) is 1.05. The Labute approximate surface area is 138 Å². The number of aryl methyl sites for hydroxylation is 1. The van der Waals surface area contributed by atoms with Crippen molar-refractivity contribution in [1.29, 1.82) is 0 Å². The van der Waals surface area contributed by atoms with Crippen molar-refractivity contribution in [3.05, 3.63) is 18.0 Å². The Hall–Kier alpha value is -1.40. The molecule has 0 aliphatic carbocycles. The van der Waals surface area contributed by atoms with Gasteiger partial charge in [-0.15, -0.1) is 0 Å². The largest absolute Gasteiger partial charge is 0.370 e. The van der Waals surface area contributed by atoms with Crippen molar-refractivity contribution in [1.82, 2.24) is 20.0 Å². The van der Waals surface area contributed by atoms with Gasteiger partial charge in [0.05, 0.1) is 19.3 Å². The summed E-state index contributed by atoms with van der Waals surface area (Å²) in [6.45, 7) is 6.33. The van der Waals surface area contributed by atoms with E-state index < -0.39 is 0 Å². The van der Waals surface area contributed by atoms with Gasteiger partial charge in [-0.25, -0.2) is 0 Å². The first kappa shape index (κ1) is 16.5. The topological polar surface area (TPSA) is 59.4 Å². The maximum Gasteiger partial charge on any atom is 0.223 e. The molecule has 128 valence electrons. The fraction of sp³-hybridized carbons (Fsp3) is 0.765. The average molecular weight is 320 g/mol. The highest BCUT2D eigenvalue weighted by atomic mass is 16.5. The van der Waals surface area contributed by atoms with Crippen LogP contribution in [0.3, 0.4) is 0 Å². The van der Waals surface area contributed by atoms with Crippen LogP contribution in [0.15, 0.2) is 12.4 Å². The predicted octanol–water partition coefficient (Wildman–Crippen LogP) is 1.35. The minimum Gasteiger partial charge on any atom is -0.370 e. The summed E-state index contributed by atoms with van der Waals surface area (Å²) in [4.78, 5) is 14.6. The second-order valence-corrected chi connectivity index (χ2v) is 6.93. The molecule has 6 heteroatoms. The molecule has 3 unspecified atom stereocenters. The second-order valence-electron chi connectivity index (χ2n) is 6.93. The normalized spacial score (nSPS) is 27.0. The van der Waals surface area contributed by atoms with Crippen LogP contribution in [0.25, 0.3) is 0 Å². The summed E-state index contributed by atoms with van der Waals surface area (Å²) in [6, 6.07) is 0. The number of ether oxygens (including phenoxy) is 1. The number of rotatable bonds is 4. The second kappa shape index (κ2) is 7.45. The Morgan fingerprint density at radius 3 is 3.13 bits per heavy atom. The highest BCUT2D eigenvalue weighted by Gasteiger charge is 2.29. The third-order valence-electron chi connectivity index (χ3n) is 5.15. The molecule has 2 aliphatic heterocycles. The zero-order chi connectivity index (χ0) is 16.2. The lowest BCUT2D eigenvalue weighted by Crippen LogP contribution is -2.43. The fourth-order valence-corrected chi connectivity index (χ4v) is 3.62. The van der Waals surface area contributed by atoms with Gasteiger partial charge in [0, 0.05) is 31.8 Å². The number of aromatic nitrogens is 2. The molecule has 1 amide bonds. The van der Waals surface area contributed by atoms with Crippen LogP contribution in [0.5, 0.6) is 0 Å². The van der Waals surface area contributed by atoms with Gasteiger partial charge in [-0.1, -0.05) is 6.92 Å². The molecule has 3 heterocycles. The minimum absolute atomic E-state index is 0.0481. The number of nitrogens with zero attached hydrogens (tertiary/aromatic N) is 3. The van der Waals surface area contributed by atoms with Crippen molar-refractivity contribution in [2.45, 2.75) is 32.3 Å². The van der Waals surface area contributed by atoms with Gasteiger partial charge in [0.15, 0.2) is 0 Å². The van der Waals surface area contributed by atoms with Crippen LogP contribution in [-0.4, -0.2) is 53.4 Å². The van der Waals surface area contributed by atoms with Gasteiger partial charge in [0.1, 0.15) is 6.10 Å². The number of carbonyl (C=O) groups is 1. The summed E-state index contributed by atoms with van der Waals surface area (Å²) >= 11 is 0. The first-order chi connectivity index (χ1) is 11.1. The van der Waals surface area contributed by atoms with Crippen LogP contribution in [0.2, 0.25) is 0 Å². The Balaban J connectivity index is 1.54. The minimum atomic E-state index is -0.0481. The quantitative estimate of drug-likeness (QED) is 0.910. The molecule has 3 rings (SSSR count). The number of piperidine rings is 1. The third kappa shape index (κ3) is 4.12. The van der Waals surface area contributed by atoms with E-state index in [0.717, 1.165) is 18.7 Å². The Kier molecular flexibility index (Phi) is 5.33. The van der Waals surface area contributed by atoms with Gasteiger partial charge < -0.3 is 15.0 Å². The number of morpholine rings is 1. The molecule has 3 atom stereocenters. The van der Waals surface area contributed by atoms with E-state index in [2.05, 4.69) is 17.3 Å². The predicted molar refractivity (Wildman–Crippen MR) is 87.9 cm³/mol. The Bertz CT molecular complexity index is 524. The van der Waals surface area contributed by atoms with E-state index >= 15 is 0 Å². The van der Waals surface area contributed by atoms with Crippen molar-refractivity contribution in [2.24, 2.45) is 18.9 Å². The van der Waals surface area contributed by atoms with Crippen molar-refractivity contribution < 1.29 is 9.53 Å². The molecule has 6 nitrogen and oxygen atoms in total. The Morgan fingerprint density at radius 1 is 1.57 bits per heavy atom. The van der Waals surface area contributed by atoms with E-state index in [1.54, 1.807) is 4.68 Å². The summed E-state index contributed by atoms with van der Waals surface area (Å²) in [5, 5.41) is 7.64. The SMILES string of the molecule is CC(CC(=O)N1CCOC(c2cnn(C)c2)C1)C1CCCNC1.